The van der Waals surface area contributed by atoms with Gasteiger partial charge in [0.1, 0.15) is 0 Å². The number of benzene rings is 1. The minimum absolute atomic E-state index is 0.375. The molecule has 1 fully saturated rings. The van der Waals surface area contributed by atoms with E-state index in [0.29, 0.717) is 6.04 Å². The van der Waals surface area contributed by atoms with E-state index in [1.165, 1.54) is 18.4 Å². The Morgan fingerprint density at radius 2 is 1.85 bits per heavy atom. The second kappa shape index (κ2) is 3.51. The van der Waals surface area contributed by atoms with Crippen LogP contribution in [0.5, 0.6) is 0 Å². The number of rotatable bonds is 2. The van der Waals surface area contributed by atoms with Crippen molar-refractivity contribution < 1.29 is 0 Å². The van der Waals surface area contributed by atoms with Gasteiger partial charge >= 0.3 is 0 Å². The molecule has 0 aliphatic heterocycles. The lowest BCUT2D eigenvalue weighted by molar-refractivity contribution is 0.229. The molecule has 0 bridgehead atoms. The normalized spacial score (nSPS) is 29.4. The second-order valence-corrected chi connectivity index (χ2v) is 4.20. The molecule has 1 aliphatic carbocycles. The molecule has 1 aliphatic rings. The van der Waals surface area contributed by atoms with Crippen molar-refractivity contribution in [3.63, 3.8) is 0 Å². The van der Waals surface area contributed by atoms with E-state index in [9.17, 15) is 0 Å². The predicted octanol–water partition coefficient (Wildman–Crippen LogP) is 2.53. The van der Waals surface area contributed by atoms with Gasteiger partial charge in [-0.1, -0.05) is 30.3 Å². The summed E-state index contributed by atoms with van der Waals surface area (Å²) in [4.78, 5) is 0. The lowest BCUT2D eigenvalue weighted by Crippen LogP contribution is -2.35. The van der Waals surface area contributed by atoms with Crippen LogP contribution in [-0.2, 0) is 0 Å². The van der Waals surface area contributed by atoms with Gasteiger partial charge in [0.2, 0.25) is 0 Å². The summed E-state index contributed by atoms with van der Waals surface area (Å²) in [6.45, 7) is 2.12. The average Bonchev–Trinajstić information content (AvgIpc) is 2.02. The molecular weight excluding hydrogens is 158 g/mol. The van der Waals surface area contributed by atoms with Crippen molar-refractivity contribution in [1.82, 2.24) is 0 Å². The molecule has 0 radical (unpaired) electrons. The van der Waals surface area contributed by atoms with Gasteiger partial charge < -0.3 is 5.73 Å². The fourth-order valence-electron chi connectivity index (χ4n) is 2.09. The maximum Gasteiger partial charge on any atom is 0.00391 e. The van der Waals surface area contributed by atoms with Gasteiger partial charge in [0.25, 0.3) is 0 Å². The van der Waals surface area contributed by atoms with E-state index < -0.39 is 0 Å². The smallest absolute Gasteiger partial charge is 0.00391 e. The summed E-state index contributed by atoms with van der Waals surface area (Å²) < 4.78 is 0. The van der Waals surface area contributed by atoms with Crippen LogP contribution >= 0.6 is 0 Å². The minimum atomic E-state index is 0.375. The van der Waals surface area contributed by atoms with Crippen molar-refractivity contribution in [2.75, 3.05) is 0 Å². The van der Waals surface area contributed by atoms with Gasteiger partial charge in [-0.3, -0.25) is 0 Å². The maximum absolute atomic E-state index is 5.84. The first-order valence-electron chi connectivity index (χ1n) is 5.08. The lowest BCUT2D eigenvalue weighted by atomic mass is 9.69. The Hall–Kier alpha value is -0.820. The Kier molecular flexibility index (Phi) is 2.36. The van der Waals surface area contributed by atoms with Crippen LogP contribution in [0.4, 0.5) is 0 Å². The molecule has 1 aromatic carbocycles. The van der Waals surface area contributed by atoms with Gasteiger partial charge in [0.15, 0.2) is 0 Å². The summed E-state index contributed by atoms with van der Waals surface area (Å²) in [5, 5.41) is 0. The van der Waals surface area contributed by atoms with Gasteiger partial charge in [0, 0.05) is 6.04 Å². The fourth-order valence-corrected chi connectivity index (χ4v) is 2.09. The molecule has 0 spiro atoms. The van der Waals surface area contributed by atoms with Crippen molar-refractivity contribution in [1.29, 1.82) is 0 Å². The van der Waals surface area contributed by atoms with Crippen LogP contribution in [0.1, 0.15) is 31.2 Å². The van der Waals surface area contributed by atoms with E-state index in [2.05, 4.69) is 37.3 Å². The highest BCUT2D eigenvalue weighted by atomic mass is 14.6. The zero-order chi connectivity index (χ0) is 9.26. The van der Waals surface area contributed by atoms with E-state index in [1.54, 1.807) is 0 Å². The van der Waals surface area contributed by atoms with Crippen LogP contribution in [0.2, 0.25) is 0 Å². The molecule has 70 valence electrons. The van der Waals surface area contributed by atoms with Crippen LogP contribution in [0.15, 0.2) is 30.3 Å². The number of hydrogen-bond donors (Lipinski definition) is 1. The second-order valence-electron chi connectivity index (χ2n) is 4.20. The highest BCUT2D eigenvalue weighted by Gasteiger charge is 2.32. The predicted molar refractivity (Wildman–Crippen MR) is 55.6 cm³/mol. The lowest BCUT2D eigenvalue weighted by Gasteiger charge is -2.38. The van der Waals surface area contributed by atoms with Crippen molar-refractivity contribution in [3.8, 4) is 0 Å². The fraction of sp³-hybridized carbons (Fsp3) is 0.500. The highest BCUT2D eigenvalue weighted by Crippen LogP contribution is 2.42. The molecule has 1 saturated carbocycles. The molecule has 2 N–H and O–H groups in total. The molecule has 1 heteroatoms. The monoisotopic (exact) mass is 175 g/mol. The Bertz CT molecular complexity index is 260. The number of hydrogen-bond acceptors (Lipinski definition) is 1. The third-order valence-corrected chi connectivity index (χ3v) is 3.19. The molecule has 1 unspecified atom stereocenters. The minimum Gasteiger partial charge on any atom is -0.328 e. The van der Waals surface area contributed by atoms with Crippen LogP contribution in [0.25, 0.3) is 0 Å². The number of nitrogens with two attached hydrogens (primary N) is 1. The Balaban J connectivity index is 1.94. The van der Waals surface area contributed by atoms with Gasteiger partial charge in [-0.05, 0) is 37.2 Å². The zero-order valence-corrected chi connectivity index (χ0v) is 8.11. The Morgan fingerprint density at radius 3 is 2.38 bits per heavy atom. The van der Waals surface area contributed by atoms with Crippen molar-refractivity contribution >= 4 is 0 Å². The Morgan fingerprint density at radius 1 is 1.23 bits per heavy atom. The topological polar surface area (TPSA) is 26.0 Å². The zero-order valence-electron chi connectivity index (χ0n) is 8.11. The van der Waals surface area contributed by atoms with E-state index >= 15 is 0 Å². The average molecular weight is 175 g/mol. The molecule has 13 heavy (non-hydrogen) atoms. The van der Waals surface area contributed by atoms with Crippen LogP contribution in [0.3, 0.4) is 0 Å². The molecule has 2 rings (SSSR count). The van der Waals surface area contributed by atoms with E-state index in [1.807, 2.05) is 0 Å². The van der Waals surface area contributed by atoms with E-state index in [4.69, 9.17) is 5.73 Å². The molecule has 0 amide bonds. The van der Waals surface area contributed by atoms with Gasteiger partial charge in [-0.15, -0.1) is 0 Å². The first kappa shape index (κ1) is 8.76. The highest BCUT2D eigenvalue weighted by molar-refractivity contribution is 5.22. The SMILES string of the molecule is CC(N)C1CC(c2ccccc2)C1. The molecule has 1 nitrogen and oxygen atoms in total. The summed E-state index contributed by atoms with van der Waals surface area (Å²) >= 11 is 0. The maximum atomic E-state index is 5.84. The third-order valence-electron chi connectivity index (χ3n) is 3.19. The molecule has 0 saturated heterocycles. The summed E-state index contributed by atoms with van der Waals surface area (Å²) in [6, 6.07) is 11.1. The van der Waals surface area contributed by atoms with Gasteiger partial charge in [0.05, 0.1) is 0 Å². The Labute approximate surface area is 80.0 Å². The van der Waals surface area contributed by atoms with Gasteiger partial charge in [-0.2, -0.15) is 0 Å². The van der Waals surface area contributed by atoms with Gasteiger partial charge in [-0.25, -0.2) is 0 Å². The first-order chi connectivity index (χ1) is 6.27. The summed E-state index contributed by atoms with van der Waals surface area (Å²) in [7, 11) is 0. The van der Waals surface area contributed by atoms with Crippen molar-refractivity contribution in [2.45, 2.75) is 31.7 Å². The van der Waals surface area contributed by atoms with Crippen LogP contribution in [-0.4, -0.2) is 6.04 Å². The van der Waals surface area contributed by atoms with E-state index in [-0.39, 0.29) is 0 Å². The molecule has 1 atom stereocenters. The van der Waals surface area contributed by atoms with Crippen LogP contribution < -0.4 is 5.73 Å². The molecule has 0 heterocycles. The largest absolute Gasteiger partial charge is 0.328 e. The van der Waals surface area contributed by atoms with Crippen molar-refractivity contribution in [3.05, 3.63) is 35.9 Å². The van der Waals surface area contributed by atoms with Crippen molar-refractivity contribution in [2.24, 2.45) is 11.7 Å². The first-order valence-corrected chi connectivity index (χ1v) is 5.08. The molecular formula is C12H17N. The third kappa shape index (κ3) is 1.75. The summed E-state index contributed by atoms with van der Waals surface area (Å²) in [5.41, 5.74) is 7.32. The molecule has 0 aromatic heterocycles. The van der Waals surface area contributed by atoms with E-state index in [0.717, 1.165) is 11.8 Å². The summed E-state index contributed by atoms with van der Waals surface area (Å²) in [6.07, 6.45) is 2.56. The van der Waals surface area contributed by atoms with Crippen LogP contribution in [0, 0.1) is 5.92 Å². The summed E-state index contributed by atoms with van der Waals surface area (Å²) in [5.74, 6) is 1.53. The quantitative estimate of drug-likeness (QED) is 0.734. The molecule has 1 aromatic rings. The standard InChI is InChI=1S/C12H17N/c1-9(13)11-7-12(8-11)10-5-3-2-4-6-10/h2-6,9,11-12H,7-8,13H2,1H3.